The first kappa shape index (κ1) is 60.9. The molecule has 6 heterocycles. The molecular weight excluding hydrogens is 1360 g/mol. The van der Waals surface area contributed by atoms with E-state index in [1.165, 1.54) is 33.0 Å². The quantitative estimate of drug-likeness (QED) is 0.149. The van der Waals surface area contributed by atoms with Gasteiger partial charge in [-0.3, -0.25) is 0 Å². The molecule has 14 aromatic carbocycles. The van der Waals surface area contributed by atoms with Crippen LogP contribution >= 0.6 is 0 Å². The molecule has 5 nitrogen and oxygen atoms in total. The number of anilines is 3. The minimum atomic E-state index is -1.14. The highest BCUT2D eigenvalue weighted by atomic mass is 16.5. The third kappa shape index (κ3) is 10.6. The number of aromatic nitrogens is 3. The Morgan fingerprint density at radius 2 is 0.759 bits per heavy atom. The van der Waals surface area contributed by atoms with Crippen LogP contribution in [0.15, 0.2) is 291 Å². The van der Waals surface area contributed by atoms with E-state index in [4.69, 9.17) is 7.48 Å². The van der Waals surface area contributed by atoms with Gasteiger partial charge in [0.05, 0.1) is 44.1 Å². The van der Waals surface area contributed by atoms with Gasteiger partial charge in [0.1, 0.15) is 11.5 Å². The SMILES string of the molecule is [2H]c1c([2H])c([2H])c2c(c1[2H])c1c([2H])c([2H])c([2H])c([2H])c1n2Cc1ccc2c(c1)N(c1c(-c3ccccc3)cc(C(C)(C)C)cc1-c1ccccc1)c1cc(-n3c4ccc(C(C)(C)C)cc4c4cc(C(C)(C)C)ccc43)cc3c1B2c1ccc(-n2c4ccc(C(C)(C)C)cc4c4cc(C(C)(C)C)ccc42)cc1C31c2ccccc2Oc2ccccc21. The lowest BCUT2D eigenvalue weighted by Crippen LogP contribution is -2.65. The van der Waals surface area contributed by atoms with Crippen LogP contribution in [0.3, 0.4) is 0 Å². The fraction of sp³-hybridized carbons (Fsp3) is 0.208. The first-order valence-corrected chi connectivity index (χ1v) is 39.6. The van der Waals surface area contributed by atoms with Crippen LogP contribution in [0.25, 0.3) is 99.0 Å². The van der Waals surface area contributed by atoms with Gasteiger partial charge in [0.2, 0.25) is 6.71 Å². The van der Waals surface area contributed by atoms with Crippen molar-refractivity contribution in [1.29, 1.82) is 0 Å². The summed E-state index contributed by atoms with van der Waals surface area (Å²) in [6, 6.07) is 87.8. The van der Waals surface area contributed by atoms with Gasteiger partial charge in [-0.25, -0.2) is 0 Å². The van der Waals surface area contributed by atoms with Crippen LogP contribution in [0.4, 0.5) is 17.1 Å². The van der Waals surface area contributed by atoms with Gasteiger partial charge >= 0.3 is 0 Å². The van der Waals surface area contributed by atoms with Gasteiger partial charge in [-0.2, -0.15) is 0 Å². The molecule has 3 aromatic heterocycles. The molecule has 1 spiro atoms. The molecule has 0 fully saturated rings. The van der Waals surface area contributed by atoms with E-state index in [1.54, 1.807) is 4.57 Å². The third-order valence-corrected chi connectivity index (χ3v) is 24.6. The van der Waals surface area contributed by atoms with Crippen molar-refractivity contribution in [2.45, 2.75) is 143 Å². The zero-order chi connectivity index (χ0) is 84.0. The number of nitrogens with zero attached hydrogens (tertiary/aromatic N) is 4. The molecule has 0 unspecified atom stereocenters. The number of para-hydroxylation sites is 4. The summed E-state index contributed by atoms with van der Waals surface area (Å²) >= 11 is 0. The second kappa shape index (κ2) is 24.6. The molecule has 3 aliphatic heterocycles. The molecule has 0 saturated carbocycles. The predicted octanol–water partition coefficient (Wildman–Crippen LogP) is 26.0. The van der Waals surface area contributed by atoms with E-state index in [0.29, 0.717) is 0 Å². The molecule has 0 saturated heterocycles. The molecule has 3 aliphatic rings. The summed E-state index contributed by atoms with van der Waals surface area (Å²) in [7, 11) is 0. The molecule has 0 amide bonds. The summed E-state index contributed by atoms with van der Waals surface area (Å²) < 4.78 is 89.5. The van der Waals surface area contributed by atoms with Crippen molar-refractivity contribution in [1.82, 2.24) is 13.7 Å². The zero-order valence-electron chi connectivity index (χ0n) is 74.6. The topological polar surface area (TPSA) is 27.3 Å². The normalized spacial score (nSPS) is 15.0. The summed E-state index contributed by atoms with van der Waals surface area (Å²) in [6.45, 7) is 33.8. The number of fused-ring (bicyclic) bond motifs is 19. The first-order chi connectivity index (χ1) is 57.0. The Morgan fingerprint density at radius 1 is 0.339 bits per heavy atom. The number of benzene rings is 14. The van der Waals surface area contributed by atoms with E-state index < -0.39 is 36.3 Å². The molecule has 20 rings (SSSR count). The monoisotopic (exact) mass is 1460 g/mol. The molecule has 0 N–H and O–H groups in total. The summed E-state index contributed by atoms with van der Waals surface area (Å²) in [5.41, 5.74) is 25.3. The van der Waals surface area contributed by atoms with Crippen molar-refractivity contribution in [2.24, 2.45) is 0 Å². The highest BCUT2D eigenvalue weighted by molar-refractivity contribution is 6.99. The molecule has 548 valence electrons. The van der Waals surface area contributed by atoms with Gasteiger partial charge in [0, 0.05) is 94.9 Å². The molecule has 0 aliphatic carbocycles. The summed E-state index contributed by atoms with van der Waals surface area (Å²) in [4.78, 5) is 2.56. The number of ether oxygens (including phenoxy) is 1. The van der Waals surface area contributed by atoms with Crippen LogP contribution in [0.2, 0.25) is 0 Å². The molecule has 112 heavy (non-hydrogen) atoms. The minimum absolute atomic E-state index is 0.0402. The molecule has 0 atom stereocenters. The van der Waals surface area contributed by atoms with E-state index in [2.05, 4.69) is 361 Å². The maximum absolute atomic E-state index is 9.79. The average Bonchev–Trinajstić information content (AvgIpc) is 1.08. The Kier molecular flexibility index (Phi) is 13.4. The molecule has 17 aromatic rings. The van der Waals surface area contributed by atoms with Crippen molar-refractivity contribution >= 4 is 106 Å². The van der Waals surface area contributed by atoms with Crippen LogP contribution in [0.5, 0.6) is 11.5 Å². The Hall–Kier alpha value is -11.9. The molecule has 6 heteroatoms. The van der Waals surface area contributed by atoms with Gasteiger partial charge in [-0.1, -0.05) is 285 Å². The van der Waals surface area contributed by atoms with Crippen molar-refractivity contribution in [3.63, 3.8) is 0 Å². The lowest BCUT2D eigenvalue weighted by molar-refractivity contribution is 0.435. The summed E-state index contributed by atoms with van der Waals surface area (Å²) in [5, 5.41) is 4.75. The minimum Gasteiger partial charge on any atom is -0.457 e. The molecular formula is C106H95BN4O. The Morgan fingerprint density at radius 3 is 1.22 bits per heavy atom. The summed E-state index contributed by atoms with van der Waals surface area (Å²) in [6.07, 6.45) is 0. The fourth-order valence-electron chi connectivity index (χ4n) is 18.8. The number of hydrogen-bond acceptors (Lipinski definition) is 2. The van der Waals surface area contributed by atoms with E-state index in [1.807, 2.05) is 0 Å². The van der Waals surface area contributed by atoms with E-state index >= 15 is 0 Å². The lowest BCUT2D eigenvalue weighted by atomic mass is 9.29. The summed E-state index contributed by atoms with van der Waals surface area (Å²) in [5.74, 6) is 1.50. The predicted molar refractivity (Wildman–Crippen MR) is 476 cm³/mol. The smallest absolute Gasteiger partial charge is 0.247 e. The Bertz CT molecular complexity index is 6970. The van der Waals surface area contributed by atoms with Crippen molar-refractivity contribution in [2.75, 3.05) is 4.90 Å². The largest absolute Gasteiger partial charge is 0.457 e. The van der Waals surface area contributed by atoms with Gasteiger partial charge in [-0.15, -0.1) is 0 Å². The van der Waals surface area contributed by atoms with Crippen LogP contribution < -0.4 is 26.0 Å². The van der Waals surface area contributed by atoms with Crippen LogP contribution in [0, 0.1) is 0 Å². The average molecular weight is 1460 g/mol. The van der Waals surface area contributed by atoms with Crippen molar-refractivity contribution < 1.29 is 15.7 Å². The number of hydrogen-bond donors (Lipinski definition) is 0. The lowest BCUT2D eigenvalue weighted by Gasteiger charge is -2.50. The number of rotatable bonds is 7. The van der Waals surface area contributed by atoms with Crippen LogP contribution in [0.1, 0.15) is 170 Å². The van der Waals surface area contributed by atoms with E-state index in [-0.39, 0.29) is 79.6 Å². The second-order valence-electron chi connectivity index (χ2n) is 36.7. The van der Waals surface area contributed by atoms with Gasteiger partial charge in [0.15, 0.2) is 0 Å². The zero-order valence-corrected chi connectivity index (χ0v) is 66.6. The highest BCUT2D eigenvalue weighted by Crippen LogP contribution is 2.60. The first-order valence-electron chi connectivity index (χ1n) is 43.6. The van der Waals surface area contributed by atoms with E-state index in [0.717, 1.165) is 145 Å². The van der Waals surface area contributed by atoms with Crippen molar-refractivity contribution in [3.05, 3.63) is 347 Å². The molecule has 0 radical (unpaired) electrons. The third-order valence-electron chi connectivity index (χ3n) is 24.6. The molecule has 0 bridgehead atoms. The standard InChI is InChI=1S/C106H95BN4O/c1-101(2,3)68-43-50-91-79(55-68)80-56-69(102(4,5)6)44-51-92(80)109(91)73-47-49-87-85(61-73)106(83-36-24-28-40-97(83)112-98-41-29-25-37-84(98)106)86-62-74(110-93-52-45-70(103(7,8)9)57-81(93)82-58-71(104(10,11)12)46-53-94(82)110)63-96-99(86)107(87)88-48-42-65(64-108-89-38-26-22-34-75(89)76-35-23-27-39-90(76)108)54-95(88)111(96)100-77(66-30-18-16-19-31-66)59-72(105(13,14)15)60-78(100)67-32-20-17-21-33-67/h16-63H,64H2,1-15H3/i22D,23D,26D,27D,34D,35D,38D,39D. The van der Waals surface area contributed by atoms with E-state index in [9.17, 15) is 8.22 Å². The van der Waals surface area contributed by atoms with Gasteiger partial charge in [-0.05, 0) is 209 Å². The fourth-order valence-corrected chi connectivity index (χ4v) is 18.8. The highest BCUT2D eigenvalue weighted by Gasteiger charge is 2.56. The Balaban J connectivity index is 0.997. The maximum Gasteiger partial charge on any atom is 0.247 e. The Labute approximate surface area is 670 Å². The maximum atomic E-state index is 9.79. The van der Waals surface area contributed by atoms with Gasteiger partial charge < -0.3 is 23.3 Å². The van der Waals surface area contributed by atoms with Crippen LogP contribution in [-0.2, 0) is 39.0 Å². The second-order valence-corrected chi connectivity index (χ2v) is 36.7. The van der Waals surface area contributed by atoms with Gasteiger partial charge in [0.25, 0.3) is 0 Å². The van der Waals surface area contributed by atoms with Crippen molar-refractivity contribution in [3.8, 4) is 45.1 Å². The van der Waals surface area contributed by atoms with Crippen LogP contribution in [-0.4, -0.2) is 20.4 Å².